The molecule has 2 rings (SSSR count). The van der Waals surface area contributed by atoms with Crippen LogP contribution in [0.15, 0.2) is 0 Å². The van der Waals surface area contributed by atoms with E-state index < -0.39 is 0 Å². The number of hydrogen-bond acceptors (Lipinski definition) is 2. The highest BCUT2D eigenvalue weighted by Gasteiger charge is 2.31. The standard InChI is InChI=1S/C11H20N2O/c1-8-2-3-9(6-8)7-13-5-4-10(12)11(13)14/h8-10H,2-7,12H2,1H3. The molecule has 1 aliphatic heterocycles. The SMILES string of the molecule is CC1CCC(CN2CCC(N)C2=O)C1. The van der Waals surface area contributed by atoms with Crippen LogP contribution in [0.5, 0.6) is 0 Å². The highest BCUT2D eigenvalue weighted by Crippen LogP contribution is 2.31. The molecule has 3 atom stereocenters. The molecule has 0 bridgehead atoms. The summed E-state index contributed by atoms with van der Waals surface area (Å²) in [7, 11) is 0. The molecule has 1 saturated heterocycles. The Kier molecular flexibility index (Phi) is 2.77. The number of likely N-dealkylation sites (tertiary alicyclic amines) is 1. The van der Waals surface area contributed by atoms with Gasteiger partial charge in [-0.15, -0.1) is 0 Å². The monoisotopic (exact) mass is 196 g/mol. The van der Waals surface area contributed by atoms with Crippen molar-refractivity contribution in [1.82, 2.24) is 4.90 Å². The van der Waals surface area contributed by atoms with Gasteiger partial charge in [0.25, 0.3) is 0 Å². The molecule has 0 aromatic heterocycles. The van der Waals surface area contributed by atoms with Crippen LogP contribution in [0, 0.1) is 11.8 Å². The van der Waals surface area contributed by atoms with Crippen LogP contribution >= 0.6 is 0 Å². The predicted molar refractivity (Wildman–Crippen MR) is 55.7 cm³/mol. The molecule has 2 fully saturated rings. The molecule has 1 heterocycles. The largest absolute Gasteiger partial charge is 0.341 e. The van der Waals surface area contributed by atoms with E-state index in [0.29, 0.717) is 0 Å². The maximum absolute atomic E-state index is 11.6. The zero-order valence-corrected chi connectivity index (χ0v) is 8.91. The first kappa shape index (κ1) is 9.97. The summed E-state index contributed by atoms with van der Waals surface area (Å²) in [6, 6.07) is -0.214. The smallest absolute Gasteiger partial charge is 0.239 e. The predicted octanol–water partition coefficient (Wildman–Crippen LogP) is 0.982. The molecular weight excluding hydrogens is 176 g/mol. The average Bonchev–Trinajstić information content (AvgIpc) is 2.67. The number of carbonyl (C=O) groups is 1. The molecule has 0 spiro atoms. The maximum atomic E-state index is 11.6. The Labute approximate surface area is 85.6 Å². The van der Waals surface area contributed by atoms with E-state index in [1.54, 1.807) is 0 Å². The highest BCUT2D eigenvalue weighted by molar-refractivity contribution is 5.83. The number of hydrogen-bond donors (Lipinski definition) is 1. The minimum Gasteiger partial charge on any atom is -0.341 e. The van der Waals surface area contributed by atoms with E-state index in [1.165, 1.54) is 19.3 Å². The summed E-state index contributed by atoms with van der Waals surface area (Å²) in [4.78, 5) is 13.5. The fourth-order valence-corrected chi connectivity index (χ4v) is 2.75. The highest BCUT2D eigenvalue weighted by atomic mass is 16.2. The van der Waals surface area contributed by atoms with E-state index in [1.807, 2.05) is 4.90 Å². The van der Waals surface area contributed by atoms with Crippen LogP contribution in [0.3, 0.4) is 0 Å². The third kappa shape index (κ3) is 1.92. The van der Waals surface area contributed by atoms with E-state index >= 15 is 0 Å². The molecule has 3 unspecified atom stereocenters. The number of amides is 1. The van der Waals surface area contributed by atoms with Crippen molar-refractivity contribution in [3.05, 3.63) is 0 Å². The molecule has 2 N–H and O–H groups in total. The molecule has 3 heteroatoms. The van der Waals surface area contributed by atoms with Crippen LogP contribution in [-0.2, 0) is 4.79 Å². The van der Waals surface area contributed by atoms with Crippen LogP contribution in [0.2, 0.25) is 0 Å². The molecule has 80 valence electrons. The van der Waals surface area contributed by atoms with Gasteiger partial charge in [0.15, 0.2) is 0 Å². The van der Waals surface area contributed by atoms with E-state index in [4.69, 9.17) is 5.73 Å². The Morgan fingerprint density at radius 3 is 2.71 bits per heavy atom. The first-order chi connectivity index (χ1) is 6.66. The second kappa shape index (κ2) is 3.89. The fourth-order valence-electron chi connectivity index (χ4n) is 2.75. The summed E-state index contributed by atoms with van der Waals surface area (Å²) in [6.45, 7) is 4.14. The Morgan fingerprint density at radius 1 is 1.43 bits per heavy atom. The first-order valence-electron chi connectivity index (χ1n) is 5.71. The van der Waals surface area contributed by atoms with Gasteiger partial charge < -0.3 is 10.6 Å². The molecular formula is C11H20N2O. The van der Waals surface area contributed by atoms with Gasteiger partial charge in [-0.05, 0) is 31.1 Å². The molecule has 1 amide bonds. The normalized spacial score (nSPS) is 38.3. The Bertz CT molecular complexity index is 229. The lowest BCUT2D eigenvalue weighted by Crippen LogP contribution is -2.36. The van der Waals surface area contributed by atoms with E-state index in [-0.39, 0.29) is 11.9 Å². The van der Waals surface area contributed by atoms with Gasteiger partial charge in [-0.1, -0.05) is 13.3 Å². The van der Waals surface area contributed by atoms with Crippen LogP contribution in [0.25, 0.3) is 0 Å². The number of rotatable bonds is 2. The molecule has 2 aliphatic rings. The van der Waals surface area contributed by atoms with Gasteiger partial charge in [0.05, 0.1) is 6.04 Å². The molecule has 1 saturated carbocycles. The van der Waals surface area contributed by atoms with Gasteiger partial charge in [0.1, 0.15) is 0 Å². The average molecular weight is 196 g/mol. The van der Waals surface area contributed by atoms with E-state index in [9.17, 15) is 4.79 Å². The minimum absolute atomic E-state index is 0.171. The zero-order chi connectivity index (χ0) is 10.1. The molecule has 14 heavy (non-hydrogen) atoms. The van der Waals surface area contributed by atoms with Gasteiger partial charge >= 0.3 is 0 Å². The third-order valence-electron chi connectivity index (χ3n) is 3.62. The van der Waals surface area contributed by atoms with Gasteiger partial charge in [0, 0.05) is 13.1 Å². The summed E-state index contributed by atoms with van der Waals surface area (Å²) < 4.78 is 0. The lowest BCUT2D eigenvalue weighted by molar-refractivity contribution is -0.129. The van der Waals surface area contributed by atoms with Gasteiger partial charge in [-0.25, -0.2) is 0 Å². The van der Waals surface area contributed by atoms with Crippen molar-refractivity contribution in [2.45, 2.75) is 38.6 Å². The van der Waals surface area contributed by atoms with Crippen LogP contribution in [0.4, 0.5) is 0 Å². The Balaban J connectivity index is 1.83. The second-order valence-corrected chi connectivity index (χ2v) is 4.96. The molecule has 0 aromatic rings. The van der Waals surface area contributed by atoms with Crippen molar-refractivity contribution in [1.29, 1.82) is 0 Å². The van der Waals surface area contributed by atoms with Crippen molar-refractivity contribution in [2.75, 3.05) is 13.1 Å². The lowest BCUT2D eigenvalue weighted by atomic mass is 10.1. The molecule has 0 radical (unpaired) electrons. The lowest BCUT2D eigenvalue weighted by Gasteiger charge is -2.20. The van der Waals surface area contributed by atoms with Gasteiger partial charge in [-0.2, -0.15) is 0 Å². The van der Waals surface area contributed by atoms with Crippen LogP contribution < -0.4 is 5.73 Å². The summed E-state index contributed by atoms with van der Waals surface area (Å²) >= 11 is 0. The van der Waals surface area contributed by atoms with E-state index in [0.717, 1.165) is 31.3 Å². The zero-order valence-electron chi connectivity index (χ0n) is 8.91. The topological polar surface area (TPSA) is 46.3 Å². The molecule has 3 nitrogen and oxygen atoms in total. The number of nitrogens with zero attached hydrogens (tertiary/aromatic N) is 1. The van der Waals surface area contributed by atoms with Crippen molar-refractivity contribution < 1.29 is 4.79 Å². The van der Waals surface area contributed by atoms with Crippen molar-refractivity contribution >= 4 is 5.91 Å². The van der Waals surface area contributed by atoms with Crippen molar-refractivity contribution in [2.24, 2.45) is 17.6 Å². The summed E-state index contributed by atoms with van der Waals surface area (Å²) in [5.41, 5.74) is 5.68. The van der Waals surface area contributed by atoms with Crippen LogP contribution in [0.1, 0.15) is 32.6 Å². The molecule has 1 aliphatic carbocycles. The number of nitrogens with two attached hydrogens (primary N) is 1. The van der Waals surface area contributed by atoms with Crippen molar-refractivity contribution in [3.8, 4) is 0 Å². The molecule has 0 aromatic carbocycles. The fraction of sp³-hybridized carbons (Fsp3) is 0.909. The minimum atomic E-state index is -0.214. The van der Waals surface area contributed by atoms with E-state index in [2.05, 4.69) is 6.92 Å². The maximum Gasteiger partial charge on any atom is 0.239 e. The summed E-state index contributed by atoms with van der Waals surface area (Å²) in [6.07, 6.45) is 4.76. The van der Waals surface area contributed by atoms with Crippen LogP contribution in [-0.4, -0.2) is 29.9 Å². The third-order valence-corrected chi connectivity index (χ3v) is 3.62. The Morgan fingerprint density at radius 2 is 2.21 bits per heavy atom. The van der Waals surface area contributed by atoms with Gasteiger partial charge in [-0.3, -0.25) is 4.79 Å². The summed E-state index contributed by atoms with van der Waals surface area (Å²) in [5.74, 6) is 1.76. The first-order valence-corrected chi connectivity index (χ1v) is 5.71. The van der Waals surface area contributed by atoms with Gasteiger partial charge in [0.2, 0.25) is 5.91 Å². The number of carbonyl (C=O) groups excluding carboxylic acids is 1. The second-order valence-electron chi connectivity index (χ2n) is 4.96. The van der Waals surface area contributed by atoms with Crippen molar-refractivity contribution in [3.63, 3.8) is 0 Å². The quantitative estimate of drug-likeness (QED) is 0.715. The Hall–Kier alpha value is -0.570. The summed E-state index contributed by atoms with van der Waals surface area (Å²) in [5, 5.41) is 0.